The van der Waals surface area contributed by atoms with Gasteiger partial charge in [0, 0.05) is 12.5 Å². The van der Waals surface area contributed by atoms with E-state index in [2.05, 4.69) is 0 Å². The number of benzene rings is 2. The molecule has 1 aliphatic heterocycles. The molecule has 1 saturated carbocycles. The smallest absolute Gasteiger partial charge is 0.312 e. The number of ether oxygens (including phenoxy) is 2. The molecule has 2 aromatic rings. The molecule has 0 saturated heterocycles. The number of nitrogens with two attached hydrogens (primary N) is 1. The number of hydrogen-bond acceptors (Lipinski definition) is 6. The number of sulfone groups is 1. The SMILES string of the molecule is Cc1ccc(S(=O)(=O)C2C(c3ccc4c(c3)OCO4)C2(CN)C(=O)O)cc1. The van der Waals surface area contributed by atoms with Crippen molar-refractivity contribution < 1.29 is 27.8 Å². The van der Waals surface area contributed by atoms with Crippen LogP contribution in [-0.4, -0.2) is 38.1 Å². The highest BCUT2D eigenvalue weighted by atomic mass is 32.2. The highest BCUT2D eigenvalue weighted by Crippen LogP contribution is 2.64. The van der Waals surface area contributed by atoms with Crippen LogP contribution in [0.2, 0.25) is 0 Å². The van der Waals surface area contributed by atoms with E-state index < -0.39 is 32.4 Å². The Kier molecular flexibility index (Phi) is 3.94. The summed E-state index contributed by atoms with van der Waals surface area (Å²) in [7, 11) is -3.89. The number of carboxylic acids is 1. The molecule has 7 nitrogen and oxygen atoms in total. The van der Waals surface area contributed by atoms with Crippen molar-refractivity contribution in [3.63, 3.8) is 0 Å². The molecule has 0 radical (unpaired) electrons. The molecule has 3 N–H and O–H groups in total. The fourth-order valence-corrected chi connectivity index (χ4v) is 6.28. The summed E-state index contributed by atoms with van der Waals surface area (Å²) in [6.45, 7) is 1.65. The van der Waals surface area contributed by atoms with Crippen molar-refractivity contribution in [1.82, 2.24) is 0 Å². The minimum Gasteiger partial charge on any atom is -0.481 e. The molecule has 3 unspecified atom stereocenters. The Hall–Kier alpha value is -2.58. The molecule has 1 fully saturated rings. The number of fused-ring (bicyclic) bond motifs is 1. The highest BCUT2D eigenvalue weighted by molar-refractivity contribution is 7.92. The molecule has 2 aromatic carbocycles. The third-order valence-electron chi connectivity index (χ3n) is 5.43. The minimum atomic E-state index is -3.89. The first kappa shape index (κ1) is 17.8. The van der Waals surface area contributed by atoms with Crippen molar-refractivity contribution >= 4 is 15.8 Å². The maximum atomic E-state index is 13.2. The molecule has 0 aromatic heterocycles. The van der Waals surface area contributed by atoms with E-state index in [-0.39, 0.29) is 18.2 Å². The Morgan fingerprint density at radius 3 is 2.48 bits per heavy atom. The molecule has 142 valence electrons. The molecule has 27 heavy (non-hydrogen) atoms. The Morgan fingerprint density at radius 1 is 1.19 bits per heavy atom. The Morgan fingerprint density at radius 2 is 1.85 bits per heavy atom. The molecule has 3 atom stereocenters. The van der Waals surface area contributed by atoms with Crippen molar-refractivity contribution in [2.24, 2.45) is 11.1 Å². The first-order chi connectivity index (χ1) is 12.8. The van der Waals surface area contributed by atoms with Crippen LogP contribution >= 0.6 is 0 Å². The molecule has 8 heteroatoms. The van der Waals surface area contributed by atoms with Gasteiger partial charge in [0.25, 0.3) is 0 Å². The number of aliphatic carboxylic acids is 1. The number of rotatable bonds is 5. The summed E-state index contributed by atoms with van der Waals surface area (Å²) in [5.74, 6) is -0.956. The first-order valence-electron chi connectivity index (χ1n) is 8.46. The summed E-state index contributed by atoms with van der Waals surface area (Å²) in [5, 5.41) is 8.71. The van der Waals surface area contributed by atoms with Gasteiger partial charge in [0.2, 0.25) is 6.79 Å². The second kappa shape index (κ2) is 5.97. The molecule has 4 rings (SSSR count). The Labute approximate surface area is 156 Å². The minimum absolute atomic E-state index is 0.0789. The number of carbonyl (C=O) groups is 1. The second-order valence-electron chi connectivity index (χ2n) is 6.92. The van der Waals surface area contributed by atoms with Crippen LogP contribution in [0.5, 0.6) is 11.5 Å². The fourth-order valence-electron chi connectivity index (χ4n) is 3.90. The average molecular weight is 389 g/mol. The van der Waals surface area contributed by atoms with Crippen LogP contribution in [0.1, 0.15) is 17.0 Å². The highest BCUT2D eigenvalue weighted by Gasteiger charge is 2.75. The van der Waals surface area contributed by atoms with E-state index in [1.807, 2.05) is 6.92 Å². The van der Waals surface area contributed by atoms with Crippen molar-refractivity contribution in [3.8, 4) is 11.5 Å². The van der Waals surface area contributed by atoms with Gasteiger partial charge in [-0.1, -0.05) is 23.8 Å². The predicted molar refractivity (Wildman–Crippen MR) is 96.6 cm³/mol. The third kappa shape index (κ3) is 2.51. The van der Waals surface area contributed by atoms with Gasteiger partial charge in [-0.15, -0.1) is 0 Å². The average Bonchev–Trinajstić information content (AvgIpc) is 3.15. The normalized spacial score (nSPS) is 26.0. The zero-order valence-corrected chi connectivity index (χ0v) is 15.4. The second-order valence-corrected chi connectivity index (χ2v) is 8.99. The van der Waals surface area contributed by atoms with E-state index in [9.17, 15) is 18.3 Å². The maximum Gasteiger partial charge on any atom is 0.312 e. The van der Waals surface area contributed by atoms with Crippen LogP contribution in [-0.2, 0) is 14.6 Å². The third-order valence-corrected chi connectivity index (χ3v) is 7.72. The molecule has 0 amide bonds. The zero-order valence-electron chi connectivity index (χ0n) is 14.6. The maximum absolute atomic E-state index is 13.2. The lowest BCUT2D eigenvalue weighted by Crippen LogP contribution is -2.31. The number of carboxylic acid groups (broad SMARTS) is 1. The molecule has 1 aliphatic carbocycles. The monoisotopic (exact) mass is 389 g/mol. The van der Waals surface area contributed by atoms with Crippen LogP contribution in [0.4, 0.5) is 0 Å². The summed E-state index contributed by atoms with van der Waals surface area (Å²) in [4.78, 5) is 12.2. The molecular formula is C19H19NO6S. The first-order valence-corrected chi connectivity index (χ1v) is 10.0. The topological polar surface area (TPSA) is 116 Å². The van der Waals surface area contributed by atoms with Gasteiger partial charge in [-0.3, -0.25) is 4.79 Å². The fraction of sp³-hybridized carbons (Fsp3) is 0.316. The van der Waals surface area contributed by atoms with E-state index in [0.29, 0.717) is 17.1 Å². The lowest BCUT2D eigenvalue weighted by Gasteiger charge is -2.10. The van der Waals surface area contributed by atoms with Gasteiger partial charge in [0.05, 0.1) is 10.1 Å². The van der Waals surface area contributed by atoms with E-state index in [1.165, 1.54) is 12.1 Å². The number of aryl methyl sites for hydroxylation is 1. The van der Waals surface area contributed by atoms with Crippen molar-refractivity contribution in [2.45, 2.75) is 23.0 Å². The Balaban J connectivity index is 1.80. The van der Waals surface area contributed by atoms with Gasteiger partial charge in [-0.05, 0) is 36.8 Å². The lowest BCUT2D eigenvalue weighted by molar-refractivity contribution is -0.143. The van der Waals surface area contributed by atoms with Crippen molar-refractivity contribution in [3.05, 3.63) is 53.6 Å². The van der Waals surface area contributed by atoms with Gasteiger partial charge >= 0.3 is 5.97 Å². The summed E-state index contributed by atoms with van der Waals surface area (Å²) >= 11 is 0. The van der Waals surface area contributed by atoms with Crippen LogP contribution in [0.25, 0.3) is 0 Å². The van der Waals surface area contributed by atoms with Crippen molar-refractivity contribution in [1.29, 1.82) is 0 Å². The zero-order chi connectivity index (χ0) is 19.4. The van der Waals surface area contributed by atoms with Crippen molar-refractivity contribution in [2.75, 3.05) is 13.3 Å². The van der Waals surface area contributed by atoms with Gasteiger partial charge in [-0.2, -0.15) is 0 Å². The number of hydrogen-bond donors (Lipinski definition) is 2. The summed E-state index contributed by atoms with van der Waals surface area (Å²) in [5.41, 5.74) is 5.71. The lowest BCUT2D eigenvalue weighted by atomic mass is 9.99. The van der Waals surface area contributed by atoms with Crippen LogP contribution in [0, 0.1) is 12.3 Å². The summed E-state index contributed by atoms with van der Waals surface area (Å²) < 4.78 is 37.1. The molecule has 2 aliphatic rings. The van der Waals surface area contributed by atoms with Crippen LogP contribution in [0.15, 0.2) is 47.4 Å². The Bertz CT molecular complexity index is 1020. The van der Waals surface area contributed by atoms with Gasteiger partial charge in [-0.25, -0.2) is 8.42 Å². The molecular weight excluding hydrogens is 370 g/mol. The molecule has 0 spiro atoms. The molecule has 0 bridgehead atoms. The van der Waals surface area contributed by atoms with E-state index in [0.717, 1.165) is 5.56 Å². The quantitative estimate of drug-likeness (QED) is 0.799. The van der Waals surface area contributed by atoms with Crippen LogP contribution < -0.4 is 15.2 Å². The standard InChI is InChI=1S/C19H19NO6S/c1-11-2-5-13(6-3-11)27(23,24)17-16(19(17,9-20)18(21)22)12-4-7-14-15(8-12)26-10-25-14/h2-8,16-17H,9-10,20H2,1H3,(H,21,22). The predicted octanol–water partition coefficient (Wildman–Crippen LogP) is 1.69. The van der Waals surface area contributed by atoms with E-state index in [1.54, 1.807) is 30.3 Å². The van der Waals surface area contributed by atoms with Crippen LogP contribution in [0.3, 0.4) is 0 Å². The molecule has 1 heterocycles. The van der Waals surface area contributed by atoms with Gasteiger partial charge in [0.1, 0.15) is 5.41 Å². The summed E-state index contributed by atoms with van der Waals surface area (Å²) in [6.07, 6.45) is 0. The van der Waals surface area contributed by atoms with Gasteiger partial charge < -0.3 is 20.3 Å². The van der Waals surface area contributed by atoms with Gasteiger partial charge in [0.15, 0.2) is 21.3 Å². The van der Waals surface area contributed by atoms with E-state index >= 15 is 0 Å². The van der Waals surface area contributed by atoms with E-state index in [4.69, 9.17) is 15.2 Å². The largest absolute Gasteiger partial charge is 0.481 e. The summed E-state index contributed by atoms with van der Waals surface area (Å²) in [6, 6.07) is 11.4.